The largest absolute Gasteiger partial charge is 0.301 e. The molecule has 0 fully saturated rings. The molecular formula is C16H20N2. The molecule has 0 atom stereocenters. The lowest BCUT2D eigenvalue weighted by Crippen LogP contribution is -2.11. The summed E-state index contributed by atoms with van der Waals surface area (Å²) in [6, 6.07) is 12.3. The van der Waals surface area contributed by atoms with E-state index >= 15 is 0 Å². The summed E-state index contributed by atoms with van der Waals surface area (Å²) < 4.78 is 0. The Morgan fingerprint density at radius 2 is 1.39 bits per heavy atom. The van der Waals surface area contributed by atoms with Crippen molar-refractivity contribution < 1.29 is 0 Å². The molecule has 94 valence electrons. The Morgan fingerprint density at radius 3 is 2.06 bits per heavy atom. The number of hydrazine groups is 1. The maximum absolute atomic E-state index is 3.29. The van der Waals surface area contributed by atoms with Crippen LogP contribution in [-0.2, 0) is 0 Å². The van der Waals surface area contributed by atoms with Crippen LogP contribution in [0.4, 0.5) is 11.4 Å². The first-order valence-electron chi connectivity index (χ1n) is 6.24. The van der Waals surface area contributed by atoms with Crippen molar-refractivity contribution in [1.29, 1.82) is 0 Å². The van der Waals surface area contributed by atoms with Gasteiger partial charge in [-0.3, -0.25) is 0 Å². The van der Waals surface area contributed by atoms with Crippen LogP contribution in [0.25, 0.3) is 0 Å². The lowest BCUT2D eigenvalue weighted by atomic mass is 9.98. The third-order valence-electron chi connectivity index (χ3n) is 3.60. The SMILES string of the molecule is Cc1cc(NNc2ccccc2)c(C)c(C)c1C. The molecule has 0 radical (unpaired) electrons. The van der Waals surface area contributed by atoms with Gasteiger partial charge >= 0.3 is 0 Å². The van der Waals surface area contributed by atoms with Gasteiger partial charge in [0.15, 0.2) is 0 Å². The first-order valence-corrected chi connectivity index (χ1v) is 6.24. The van der Waals surface area contributed by atoms with Crippen molar-refractivity contribution in [3.8, 4) is 0 Å². The Labute approximate surface area is 109 Å². The van der Waals surface area contributed by atoms with Gasteiger partial charge < -0.3 is 10.9 Å². The standard InChI is InChI=1S/C16H20N2/c1-11-10-16(14(4)13(3)12(11)2)18-17-15-8-6-5-7-9-15/h5-10,17-18H,1-4H3. The van der Waals surface area contributed by atoms with E-state index in [9.17, 15) is 0 Å². The second-order valence-electron chi connectivity index (χ2n) is 4.73. The van der Waals surface area contributed by atoms with Crippen molar-refractivity contribution in [2.45, 2.75) is 27.7 Å². The minimum Gasteiger partial charge on any atom is -0.301 e. The van der Waals surface area contributed by atoms with Crippen LogP contribution in [0.2, 0.25) is 0 Å². The van der Waals surface area contributed by atoms with Crippen LogP contribution in [-0.4, -0.2) is 0 Å². The van der Waals surface area contributed by atoms with Crippen LogP contribution >= 0.6 is 0 Å². The molecule has 2 heteroatoms. The minimum absolute atomic E-state index is 1.06. The average molecular weight is 240 g/mol. The first kappa shape index (κ1) is 12.5. The van der Waals surface area contributed by atoms with Crippen molar-refractivity contribution in [1.82, 2.24) is 0 Å². The highest BCUT2D eigenvalue weighted by Crippen LogP contribution is 2.25. The van der Waals surface area contributed by atoms with Crippen molar-refractivity contribution in [2.75, 3.05) is 10.9 Å². The molecule has 0 saturated heterocycles. The quantitative estimate of drug-likeness (QED) is 0.779. The normalized spacial score (nSPS) is 10.2. The molecule has 2 nitrogen and oxygen atoms in total. The van der Waals surface area contributed by atoms with E-state index < -0.39 is 0 Å². The maximum Gasteiger partial charge on any atom is 0.0574 e. The molecule has 0 unspecified atom stereocenters. The summed E-state index contributed by atoms with van der Waals surface area (Å²) >= 11 is 0. The lowest BCUT2D eigenvalue weighted by Gasteiger charge is -2.17. The second kappa shape index (κ2) is 5.13. The Hall–Kier alpha value is -1.96. The van der Waals surface area contributed by atoms with E-state index in [0.29, 0.717) is 0 Å². The van der Waals surface area contributed by atoms with Crippen LogP contribution in [0.15, 0.2) is 36.4 Å². The van der Waals surface area contributed by atoms with E-state index in [4.69, 9.17) is 0 Å². The smallest absolute Gasteiger partial charge is 0.0574 e. The highest BCUT2D eigenvalue weighted by molar-refractivity contribution is 5.61. The number of hydrogen-bond donors (Lipinski definition) is 2. The fraction of sp³-hybridized carbons (Fsp3) is 0.250. The van der Waals surface area contributed by atoms with E-state index in [1.165, 1.54) is 22.3 Å². The van der Waals surface area contributed by atoms with Gasteiger partial charge in [-0.15, -0.1) is 0 Å². The summed E-state index contributed by atoms with van der Waals surface area (Å²) in [4.78, 5) is 0. The van der Waals surface area contributed by atoms with E-state index in [2.05, 4.69) is 44.6 Å². The highest BCUT2D eigenvalue weighted by atomic mass is 15.4. The van der Waals surface area contributed by atoms with Gasteiger partial charge in [0, 0.05) is 0 Å². The van der Waals surface area contributed by atoms with Crippen LogP contribution < -0.4 is 10.9 Å². The molecular weight excluding hydrogens is 220 g/mol. The zero-order valence-corrected chi connectivity index (χ0v) is 11.5. The van der Waals surface area contributed by atoms with Crippen molar-refractivity contribution in [3.05, 3.63) is 58.7 Å². The molecule has 0 aliphatic carbocycles. The summed E-state index contributed by atoms with van der Waals surface area (Å²) in [5, 5.41) is 0. The van der Waals surface area contributed by atoms with E-state index in [-0.39, 0.29) is 0 Å². The molecule has 2 aromatic rings. The molecule has 0 aliphatic rings. The Kier molecular flexibility index (Phi) is 3.56. The Bertz CT molecular complexity index is 545. The van der Waals surface area contributed by atoms with Gasteiger partial charge in [0.05, 0.1) is 11.4 Å². The minimum atomic E-state index is 1.06. The van der Waals surface area contributed by atoms with Crippen molar-refractivity contribution in [2.24, 2.45) is 0 Å². The third kappa shape index (κ3) is 2.48. The number of para-hydroxylation sites is 1. The number of hydrogen-bond acceptors (Lipinski definition) is 2. The zero-order valence-electron chi connectivity index (χ0n) is 11.5. The van der Waals surface area contributed by atoms with Crippen LogP contribution in [0.1, 0.15) is 22.3 Å². The molecule has 18 heavy (non-hydrogen) atoms. The van der Waals surface area contributed by atoms with Crippen LogP contribution in [0.3, 0.4) is 0 Å². The molecule has 0 spiro atoms. The van der Waals surface area contributed by atoms with Crippen molar-refractivity contribution in [3.63, 3.8) is 0 Å². The monoisotopic (exact) mass is 240 g/mol. The topological polar surface area (TPSA) is 24.1 Å². The van der Waals surface area contributed by atoms with Crippen molar-refractivity contribution >= 4 is 11.4 Å². The molecule has 0 bridgehead atoms. The predicted octanol–water partition coefficient (Wildman–Crippen LogP) is 4.36. The highest BCUT2D eigenvalue weighted by Gasteiger charge is 2.06. The summed E-state index contributed by atoms with van der Waals surface area (Å²) in [5.74, 6) is 0. The number of rotatable bonds is 3. The summed E-state index contributed by atoms with van der Waals surface area (Å²) in [5.41, 5.74) is 14.1. The summed E-state index contributed by atoms with van der Waals surface area (Å²) in [6.45, 7) is 8.64. The first-order chi connectivity index (χ1) is 8.59. The van der Waals surface area contributed by atoms with Crippen LogP contribution in [0, 0.1) is 27.7 Å². The van der Waals surface area contributed by atoms with E-state index in [0.717, 1.165) is 11.4 Å². The zero-order chi connectivity index (χ0) is 13.1. The van der Waals surface area contributed by atoms with Gasteiger partial charge in [0.2, 0.25) is 0 Å². The maximum atomic E-state index is 3.29. The molecule has 0 aliphatic heterocycles. The lowest BCUT2D eigenvalue weighted by molar-refractivity contribution is 1.20. The van der Waals surface area contributed by atoms with Gasteiger partial charge in [-0.1, -0.05) is 18.2 Å². The molecule has 2 rings (SSSR count). The Morgan fingerprint density at radius 1 is 0.722 bits per heavy atom. The molecule has 2 aromatic carbocycles. The number of anilines is 2. The van der Waals surface area contributed by atoms with Gasteiger partial charge in [-0.05, 0) is 68.1 Å². The van der Waals surface area contributed by atoms with Crippen LogP contribution in [0.5, 0.6) is 0 Å². The number of benzene rings is 2. The Balaban J connectivity index is 2.20. The van der Waals surface area contributed by atoms with Gasteiger partial charge in [-0.25, -0.2) is 0 Å². The summed E-state index contributed by atoms with van der Waals surface area (Å²) in [6.07, 6.45) is 0. The molecule has 2 N–H and O–H groups in total. The predicted molar refractivity (Wildman–Crippen MR) is 79.1 cm³/mol. The van der Waals surface area contributed by atoms with Gasteiger partial charge in [0.1, 0.15) is 0 Å². The van der Waals surface area contributed by atoms with Gasteiger partial charge in [-0.2, -0.15) is 0 Å². The number of aryl methyl sites for hydroxylation is 1. The summed E-state index contributed by atoms with van der Waals surface area (Å²) in [7, 11) is 0. The second-order valence-corrected chi connectivity index (χ2v) is 4.73. The average Bonchev–Trinajstić information content (AvgIpc) is 2.40. The molecule has 0 saturated carbocycles. The number of nitrogens with one attached hydrogen (secondary N) is 2. The van der Waals surface area contributed by atoms with E-state index in [1.54, 1.807) is 0 Å². The molecule has 0 aromatic heterocycles. The van der Waals surface area contributed by atoms with E-state index in [1.807, 2.05) is 30.3 Å². The fourth-order valence-corrected chi connectivity index (χ4v) is 2.00. The molecule has 0 heterocycles. The van der Waals surface area contributed by atoms with Gasteiger partial charge in [0.25, 0.3) is 0 Å². The third-order valence-corrected chi connectivity index (χ3v) is 3.60. The molecule has 0 amide bonds. The fourth-order valence-electron chi connectivity index (χ4n) is 2.00.